The molecule has 0 fully saturated rings. The number of carboxylic acid groups (broad SMARTS) is 1. The molecule has 0 saturated heterocycles. The molecule has 4 nitrogen and oxygen atoms in total. The number of aromatic carboxylic acids is 1. The fraction of sp³-hybridized carbons (Fsp3) is 0.200. The molecule has 1 aromatic carbocycles. The van der Waals surface area contributed by atoms with Gasteiger partial charge in [0.05, 0.1) is 0 Å². The molecule has 0 aliphatic carbocycles. The number of carboxylic acids is 1. The largest absolute Gasteiger partial charge is 0.477 e. The third kappa shape index (κ3) is 2.42. The molecule has 0 bridgehead atoms. The van der Waals surface area contributed by atoms with Gasteiger partial charge in [-0.25, -0.2) is 4.79 Å². The van der Waals surface area contributed by atoms with Gasteiger partial charge in [-0.15, -0.1) is 0 Å². The first-order valence-electron chi connectivity index (χ1n) is 5.94. The molecule has 1 heterocycles. The summed E-state index contributed by atoms with van der Waals surface area (Å²) < 4.78 is 0. The molecule has 0 saturated carbocycles. The van der Waals surface area contributed by atoms with E-state index in [1.165, 1.54) is 12.3 Å². The lowest BCUT2D eigenvalue weighted by Gasteiger charge is -2.09. The fourth-order valence-electron chi connectivity index (χ4n) is 2.33. The van der Waals surface area contributed by atoms with Crippen molar-refractivity contribution in [2.45, 2.75) is 20.8 Å². The summed E-state index contributed by atoms with van der Waals surface area (Å²) in [6, 6.07) is 5.26. The van der Waals surface area contributed by atoms with Crippen molar-refractivity contribution in [1.82, 2.24) is 4.98 Å². The lowest BCUT2D eigenvalue weighted by Crippen LogP contribution is -2.06. The number of aromatic nitrogens is 1. The highest BCUT2D eigenvalue weighted by Gasteiger charge is 2.17. The second-order valence-electron chi connectivity index (χ2n) is 4.71. The normalized spacial score (nSPS) is 10.5. The Labute approximate surface area is 111 Å². The highest BCUT2D eigenvalue weighted by Crippen LogP contribution is 2.20. The summed E-state index contributed by atoms with van der Waals surface area (Å²) in [6.07, 6.45) is 1.44. The third-order valence-corrected chi connectivity index (χ3v) is 3.08. The second kappa shape index (κ2) is 4.72. The van der Waals surface area contributed by atoms with Crippen LogP contribution in [0.15, 0.2) is 24.4 Å². The van der Waals surface area contributed by atoms with Crippen LogP contribution in [0.25, 0.3) is 0 Å². The van der Waals surface area contributed by atoms with Gasteiger partial charge in [-0.2, -0.15) is 0 Å². The minimum atomic E-state index is -1.07. The first kappa shape index (κ1) is 13.1. The summed E-state index contributed by atoms with van der Waals surface area (Å²) in [5.41, 5.74) is 3.94. The van der Waals surface area contributed by atoms with E-state index in [4.69, 9.17) is 5.11 Å². The lowest BCUT2D eigenvalue weighted by atomic mass is 9.94. The monoisotopic (exact) mass is 257 g/mol. The van der Waals surface area contributed by atoms with E-state index in [1.807, 2.05) is 32.9 Å². The molecule has 0 unspecified atom stereocenters. The molecule has 0 spiro atoms. The Bertz CT molecular complexity index is 645. The molecule has 0 atom stereocenters. The van der Waals surface area contributed by atoms with Crippen molar-refractivity contribution in [3.63, 3.8) is 0 Å². The number of hydrogen-bond donors (Lipinski definition) is 2. The van der Waals surface area contributed by atoms with Crippen molar-refractivity contribution >= 4 is 11.8 Å². The number of ketones is 1. The Morgan fingerprint density at radius 2 is 1.63 bits per heavy atom. The maximum Gasteiger partial charge on any atom is 0.352 e. The zero-order valence-electron chi connectivity index (χ0n) is 11.1. The number of aromatic amines is 1. The average Bonchev–Trinajstić information content (AvgIpc) is 2.76. The van der Waals surface area contributed by atoms with Gasteiger partial charge < -0.3 is 10.1 Å². The van der Waals surface area contributed by atoms with Crippen LogP contribution in [-0.4, -0.2) is 21.8 Å². The van der Waals surface area contributed by atoms with Gasteiger partial charge >= 0.3 is 5.97 Å². The van der Waals surface area contributed by atoms with Crippen molar-refractivity contribution in [2.75, 3.05) is 0 Å². The van der Waals surface area contributed by atoms with Crippen LogP contribution in [0.1, 0.15) is 43.1 Å². The van der Waals surface area contributed by atoms with Crippen LogP contribution in [0.2, 0.25) is 0 Å². The van der Waals surface area contributed by atoms with Gasteiger partial charge in [-0.1, -0.05) is 17.7 Å². The van der Waals surface area contributed by atoms with E-state index in [0.717, 1.165) is 16.7 Å². The molecular weight excluding hydrogens is 242 g/mol. The second-order valence-corrected chi connectivity index (χ2v) is 4.71. The number of hydrogen-bond acceptors (Lipinski definition) is 2. The number of aryl methyl sites for hydroxylation is 3. The SMILES string of the molecule is Cc1cc(C)c(C(=O)c2c[nH]c(C(=O)O)c2)c(C)c1. The van der Waals surface area contributed by atoms with Crippen molar-refractivity contribution in [1.29, 1.82) is 0 Å². The van der Waals surface area contributed by atoms with Gasteiger partial charge in [0.15, 0.2) is 5.78 Å². The molecule has 2 N–H and O–H groups in total. The van der Waals surface area contributed by atoms with E-state index < -0.39 is 5.97 Å². The molecular formula is C15H15NO3. The highest BCUT2D eigenvalue weighted by molar-refractivity contribution is 6.11. The molecule has 1 aromatic heterocycles. The molecule has 2 rings (SSSR count). The third-order valence-electron chi connectivity index (χ3n) is 3.08. The number of carbonyl (C=O) groups is 2. The van der Waals surface area contributed by atoms with Crippen LogP contribution in [0.3, 0.4) is 0 Å². The first-order chi connectivity index (χ1) is 8.90. The smallest absolute Gasteiger partial charge is 0.352 e. The van der Waals surface area contributed by atoms with E-state index >= 15 is 0 Å². The number of rotatable bonds is 3. The van der Waals surface area contributed by atoms with Crippen LogP contribution >= 0.6 is 0 Å². The molecule has 0 radical (unpaired) electrons. The van der Waals surface area contributed by atoms with Crippen molar-refractivity contribution in [2.24, 2.45) is 0 Å². The topological polar surface area (TPSA) is 70.2 Å². The number of benzene rings is 1. The molecule has 0 aliphatic rings. The van der Waals surface area contributed by atoms with Crippen LogP contribution < -0.4 is 0 Å². The predicted octanol–water partition coefficient (Wildman–Crippen LogP) is 2.87. The zero-order chi connectivity index (χ0) is 14.2. The quantitative estimate of drug-likeness (QED) is 0.830. The summed E-state index contributed by atoms with van der Waals surface area (Å²) in [4.78, 5) is 25.8. The fourth-order valence-corrected chi connectivity index (χ4v) is 2.33. The Kier molecular flexibility index (Phi) is 3.25. The van der Waals surface area contributed by atoms with E-state index in [0.29, 0.717) is 11.1 Å². The van der Waals surface area contributed by atoms with Gasteiger partial charge in [0.2, 0.25) is 0 Å². The van der Waals surface area contributed by atoms with Crippen LogP contribution in [0.4, 0.5) is 0 Å². The van der Waals surface area contributed by atoms with Crippen molar-refractivity contribution in [3.05, 3.63) is 57.9 Å². The summed E-state index contributed by atoms with van der Waals surface area (Å²) in [7, 11) is 0. The number of H-pyrrole nitrogens is 1. The zero-order valence-corrected chi connectivity index (χ0v) is 11.1. The Hall–Kier alpha value is -2.36. The Morgan fingerprint density at radius 1 is 1.05 bits per heavy atom. The van der Waals surface area contributed by atoms with Gasteiger partial charge in [-0.3, -0.25) is 4.79 Å². The van der Waals surface area contributed by atoms with E-state index in [-0.39, 0.29) is 11.5 Å². The predicted molar refractivity (Wildman–Crippen MR) is 71.8 cm³/mol. The highest BCUT2D eigenvalue weighted by atomic mass is 16.4. The summed E-state index contributed by atoms with van der Waals surface area (Å²) >= 11 is 0. The van der Waals surface area contributed by atoms with E-state index in [9.17, 15) is 9.59 Å². The number of carbonyl (C=O) groups excluding carboxylic acids is 1. The minimum Gasteiger partial charge on any atom is -0.477 e. The van der Waals surface area contributed by atoms with Crippen molar-refractivity contribution < 1.29 is 14.7 Å². The van der Waals surface area contributed by atoms with Crippen LogP contribution in [-0.2, 0) is 0 Å². The molecule has 0 amide bonds. The maximum atomic E-state index is 12.4. The molecule has 2 aromatic rings. The van der Waals surface area contributed by atoms with Crippen molar-refractivity contribution in [3.8, 4) is 0 Å². The van der Waals surface area contributed by atoms with E-state index in [1.54, 1.807) is 0 Å². The van der Waals surface area contributed by atoms with Gasteiger partial charge in [0.25, 0.3) is 0 Å². The summed E-state index contributed by atoms with van der Waals surface area (Å²) in [5.74, 6) is -1.23. The van der Waals surface area contributed by atoms with Gasteiger partial charge in [0.1, 0.15) is 5.69 Å². The lowest BCUT2D eigenvalue weighted by molar-refractivity contribution is 0.0691. The summed E-state index contributed by atoms with van der Waals surface area (Å²) in [5, 5.41) is 8.85. The molecule has 0 aliphatic heterocycles. The van der Waals surface area contributed by atoms with Crippen LogP contribution in [0, 0.1) is 20.8 Å². The van der Waals surface area contributed by atoms with E-state index in [2.05, 4.69) is 4.98 Å². The van der Waals surface area contributed by atoms with Gasteiger partial charge in [0, 0.05) is 17.3 Å². The van der Waals surface area contributed by atoms with Crippen LogP contribution in [0.5, 0.6) is 0 Å². The average molecular weight is 257 g/mol. The standard InChI is InChI=1S/C15H15NO3/c1-8-4-9(2)13(10(3)5-8)14(17)11-6-12(15(18)19)16-7-11/h4-7,16H,1-3H3,(H,18,19). The number of nitrogens with one attached hydrogen (secondary N) is 1. The Balaban J connectivity index is 2.47. The Morgan fingerprint density at radius 3 is 2.11 bits per heavy atom. The molecule has 19 heavy (non-hydrogen) atoms. The summed E-state index contributed by atoms with van der Waals surface area (Å²) in [6.45, 7) is 5.75. The molecule has 4 heteroatoms. The maximum absolute atomic E-state index is 12.4. The minimum absolute atomic E-state index is 0.0192. The van der Waals surface area contributed by atoms with Gasteiger partial charge in [-0.05, 0) is 38.0 Å². The first-order valence-corrected chi connectivity index (χ1v) is 5.94. The molecule has 98 valence electrons.